The summed E-state index contributed by atoms with van der Waals surface area (Å²) >= 11 is 0. The molecule has 0 bridgehead atoms. The number of aryl methyl sites for hydroxylation is 1. The van der Waals surface area contributed by atoms with Crippen LogP contribution in [-0.4, -0.2) is 17.3 Å². The molecule has 0 amide bonds. The number of benzene rings is 1. The number of rotatable bonds is 2. The number of Topliss-reactive ketones (excluding diaryl/α,β-unsaturated/α-hetero) is 1. The van der Waals surface area contributed by atoms with Gasteiger partial charge < -0.3 is 4.90 Å². The number of fused-ring (bicyclic) bond motifs is 1. The molecular formula is C16H16N2O. The summed E-state index contributed by atoms with van der Waals surface area (Å²) in [6.07, 6.45) is 2.41. The van der Waals surface area contributed by atoms with Gasteiger partial charge in [0, 0.05) is 30.4 Å². The molecule has 1 aromatic heterocycles. The standard InChI is InChI=1S/C16H16N2O/c1-12-5-4-9-17-14(12)11-18-10-8-16(19)13-6-2-3-7-15(13)18/h2-7,9H,8,10-11H2,1H3. The highest BCUT2D eigenvalue weighted by Gasteiger charge is 2.22. The van der Waals surface area contributed by atoms with Gasteiger partial charge in [0.1, 0.15) is 0 Å². The molecule has 1 aliphatic rings. The van der Waals surface area contributed by atoms with Gasteiger partial charge in [-0.25, -0.2) is 0 Å². The Kier molecular flexibility index (Phi) is 3.03. The zero-order chi connectivity index (χ0) is 13.2. The van der Waals surface area contributed by atoms with Crippen molar-refractivity contribution >= 4 is 11.5 Å². The van der Waals surface area contributed by atoms with E-state index in [1.165, 1.54) is 5.56 Å². The van der Waals surface area contributed by atoms with Crippen LogP contribution < -0.4 is 4.90 Å². The fourth-order valence-corrected chi connectivity index (χ4v) is 2.51. The molecule has 2 aromatic rings. The molecule has 3 heteroatoms. The summed E-state index contributed by atoms with van der Waals surface area (Å²) < 4.78 is 0. The van der Waals surface area contributed by atoms with E-state index in [4.69, 9.17) is 0 Å². The molecule has 3 nitrogen and oxygen atoms in total. The number of hydrogen-bond acceptors (Lipinski definition) is 3. The zero-order valence-electron chi connectivity index (χ0n) is 11.0. The van der Waals surface area contributed by atoms with Crippen LogP contribution in [0.3, 0.4) is 0 Å². The summed E-state index contributed by atoms with van der Waals surface area (Å²) in [5.41, 5.74) is 4.13. The molecular weight excluding hydrogens is 236 g/mol. The quantitative estimate of drug-likeness (QED) is 0.823. The second-order valence-electron chi connectivity index (χ2n) is 4.88. The lowest BCUT2D eigenvalue weighted by Gasteiger charge is -2.30. The third-order valence-corrected chi connectivity index (χ3v) is 3.61. The number of carbonyl (C=O) groups excluding carboxylic acids is 1. The molecule has 0 fully saturated rings. The number of ketones is 1. The van der Waals surface area contributed by atoms with Crippen molar-refractivity contribution in [3.63, 3.8) is 0 Å². The summed E-state index contributed by atoms with van der Waals surface area (Å²) in [5, 5.41) is 0. The Labute approximate surface area is 112 Å². The first kappa shape index (κ1) is 11.9. The number of anilines is 1. The van der Waals surface area contributed by atoms with E-state index in [0.717, 1.165) is 30.0 Å². The molecule has 1 aromatic carbocycles. The van der Waals surface area contributed by atoms with E-state index in [0.29, 0.717) is 6.42 Å². The summed E-state index contributed by atoms with van der Waals surface area (Å²) in [7, 11) is 0. The van der Waals surface area contributed by atoms with Gasteiger partial charge in [-0.2, -0.15) is 0 Å². The van der Waals surface area contributed by atoms with Crippen molar-refractivity contribution in [3.8, 4) is 0 Å². The monoisotopic (exact) mass is 252 g/mol. The van der Waals surface area contributed by atoms with Crippen LogP contribution in [0.2, 0.25) is 0 Å². The minimum Gasteiger partial charge on any atom is -0.365 e. The molecule has 0 N–H and O–H groups in total. The average Bonchev–Trinajstić information content (AvgIpc) is 2.44. The van der Waals surface area contributed by atoms with Gasteiger partial charge in [0.15, 0.2) is 5.78 Å². The van der Waals surface area contributed by atoms with Gasteiger partial charge in [-0.3, -0.25) is 9.78 Å². The number of pyridine rings is 1. The van der Waals surface area contributed by atoms with Gasteiger partial charge in [-0.1, -0.05) is 18.2 Å². The van der Waals surface area contributed by atoms with E-state index < -0.39 is 0 Å². The molecule has 96 valence electrons. The third kappa shape index (κ3) is 2.24. The van der Waals surface area contributed by atoms with Crippen LogP contribution in [0.4, 0.5) is 5.69 Å². The molecule has 0 radical (unpaired) electrons. The first-order valence-corrected chi connectivity index (χ1v) is 6.53. The second kappa shape index (κ2) is 4.84. The number of nitrogens with zero attached hydrogens (tertiary/aromatic N) is 2. The van der Waals surface area contributed by atoms with E-state index >= 15 is 0 Å². The highest BCUT2D eigenvalue weighted by atomic mass is 16.1. The van der Waals surface area contributed by atoms with Crippen LogP contribution in [0.1, 0.15) is 28.0 Å². The van der Waals surface area contributed by atoms with Gasteiger partial charge >= 0.3 is 0 Å². The Hall–Kier alpha value is -2.16. The van der Waals surface area contributed by atoms with Crippen molar-refractivity contribution in [2.24, 2.45) is 0 Å². The van der Waals surface area contributed by atoms with E-state index in [2.05, 4.69) is 22.9 Å². The summed E-state index contributed by atoms with van der Waals surface area (Å²) in [6, 6.07) is 11.9. The molecule has 0 unspecified atom stereocenters. The fraction of sp³-hybridized carbons (Fsp3) is 0.250. The van der Waals surface area contributed by atoms with E-state index in [-0.39, 0.29) is 5.78 Å². The fourth-order valence-electron chi connectivity index (χ4n) is 2.51. The second-order valence-corrected chi connectivity index (χ2v) is 4.88. The number of para-hydroxylation sites is 1. The van der Waals surface area contributed by atoms with Gasteiger partial charge in [0.05, 0.1) is 12.2 Å². The predicted molar refractivity (Wildman–Crippen MR) is 75.4 cm³/mol. The lowest BCUT2D eigenvalue weighted by atomic mass is 10.00. The summed E-state index contributed by atoms with van der Waals surface area (Å²) in [5.74, 6) is 0.240. The molecule has 0 saturated carbocycles. The lowest BCUT2D eigenvalue weighted by Crippen LogP contribution is -2.32. The van der Waals surface area contributed by atoms with Crippen LogP contribution in [0.15, 0.2) is 42.6 Å². The van der Waals surface area contributed by atoms with Gasteiger partial charge in [-0.05, 0) is 30.7 Å². The van der Waals surface area contributed by atoms with Crippen LogP contribution in [-0.2, 0) is 6.54 Å². The van der Waals surface area contributed by atoms with Crippen LogP contribution in [0.5, 0.6) is 0 Å². The Morgan fingerprint density at radius 3 is 2.89 bits per heavy atom. The number of aromatic nitrogens is 1. The van der Waals surface area contributed by atoms with Crippen molar-refractivity contribution in [1.29, 1.82) is 0 Å². The normalized spacial score (nSPS) is 14.4. The molecule has 2 heterocycles. The topological polar surface area (TPSA) is 33.2 Å². The van der Waals surface area contributed by atoms with Crippen molar-refractivity contribution in [2.45, 2.75) is 19.9 Å². The molecule has 19 heavy (non-hydrogen) atoms. The SMILES string of the molecule is Cc1cccnc1CN1CCC(=O)c2ccccc21. The number of hydrogen-bond donors (Lipinski definition) is 0. The molecule has 3 rings (SSSR count). The number of carbonyl (C=O) groups is 1. The molecule has 1 aliphatic heterocycles. The van der Waals surface area contributed by atoms with Crippen molar-refractivity contribution in [3.05, 3.63) is 59.4 Å². The zero-order valence-corrected chi connectivity index (χ0v) is 11.0. The van der Waals surface area contributed by atoms with Crippen molar-refractivity contribution < 1.29 is 4.79 Å². The van der Waals surface area contributed by atoms with Crippen LogP contribution in [0, 0.1) is 6.92 Å². The largest absolute Gasteiger partial charge is 0.365 e. The van der Waals surface area contributed by atoms with Gasteiger partial charge in [0.25, 0.3) is 0 Å². The molecule has 0 saturated heterocycles. The summed E-state index contributed by atoms with van der Waals surface area (Å²) in [4.78, 5) is 18.6. The van der Waals surface area contributed by atoms with E-state index in [9.17, 15) is 4.79 Å². The van der Waals surface area contributed by atoms with Crippen LogP contribution in [0.25, 0.3) is 0 Å². The Morgan fingerprint density at radius 1 is 1.21 bits per heavy atom. The van der Waals surface area contributed by atoms with Gasteiger partial charge in [-0.15, -0.1) is 0 Å². The minimum absolute atomic E-state index is 0.240. The van der Waals surface area contributed by atoms with Crippen LogP contribution >= 0.6 is 0 Å². The first-order valence-electron chi connectivity index (χ1n) is 6.53. The highest BCUT2D eigenvalue weighted by molar-refractivity contribution is 6.03. The van der Waals surface area contributed by atoms with E-state index in [1.54, 1.807) is 0 Å². The smallest absolute Gasteiger partial charge is 0.166 e. The third-order valence-electron chi connectivity index (χ3n) is 3.61. The molecule has 0 aliphatic carbocycles. The van der Waals surface area contributed by atoms with Crippen molar-refractivity contribution in [2.75, 3.05) is 11.4 Å². The summed E-state index contributed by atoms with van der Waals surface area (Å²) in [6.45, 7) is 3.60. The minimum atomic E-state index is 0.240. The molecule has 0 atom stereocenters. The predicted octanol–water partition coefficient (Wildman–Crippen LogP) is 2.98. The van der Waals surface area contributed by atoms with E-state index in [1.807, 2.05) is 36.5 Å². The highest BCUT2D eigenvalue weighted by Crippen LogP contribution is 2.28. The Morgan fingerprint density at radius 2 is 2.05 bits per heavy atom. The maximum Gasteiger partial charge on any atom is 0.166 e. The lowest BCUT2D eigenvalue weighted by molar-refractivity contribution is 0.0979. The maximum atomic E-state index is 11.9. The molecule has 0 spiro atoms. The maximum absolute atomic E-state index is 11.9. The first-order chi connectivity index (χ1) is 9.25. The Balaban J connectivity index is 1.93. The van der Waals surface area contributed by atoms with Gasteiger partial charge in [0.2, 0.25) is 0 Å². The van der Waals surface area contributed by atoms with Crippen molar-refractivity contribution in [1.82, 2.24) is 4.98 Å². The Bertz CT molecular complexity index is 622. The average molecular weight is 252 g/mol.